The number of nitrogens with zero attached hydrogens (tertiary/aromatic N) is 3. The lowest BCUT2D eigenvalue weighted by molar-refractivity contribution is 0.0945. The van der Waals surface area contributed by atoms with E-state index in [2.05, 4.69) is 20.9 Å². The fourth-order valence-corrected chi connectivity index (χ4v) is 2.18. The maximum Gasteiger partial charge on any atom is 0.273 e. The van der Waals surface area contributed by atoms with Crippen LogP contribution in [0.3, 0.4) is 0 Å². The van der Waals surface area contributed by atoms with E-state index >= 15 is 0 Å². The van der Waals surface area contributed by atoms with E-state index in [1.54, 1.807) is 22.2 Å². The summed E-state index contributed by atoms with van der Waals surface area (Å²) in [6, 6.07) is 4.25. The largest absolute Gasteiger partial charge is 0.349 e. The van der Waals surface area contributed by atoms with Gasteiger partial charge in [0.05, 0.1) is 12.7 Å². The van der Waals surface area contributed by atoms with Gasteiger partial charge in [0.25, 0.3) is 5.91 Å². The molecule has 2 rings (SSSR count). The summed E-state index contributed by atoms with van der Waals surface area (Å²) in [6.07, 6.45) is 1.67. The summed E-state index contributed by atoms with van der Waals surface area (Å²) in [5.74, 6) is -0.195. The Bertz CT molecular complexity index is 522. The van der Waals surface area contributed by atoms with Gasteiger partial charge in [0, 0.05) is 17.5 Å². The van der Waals surface area contributed by atoms with Crippen LogP contribution in [0.4, 0.5) is 0 Å². The Balaban J connectivity index is 1.91. The fraction of sp³-hybridized carbons (Fsp3) is 0.417. The van der Waals surface area contributed by atoms with Crippen molar-refractivity contribution in [2.24, 2.45) is 0 Å². The smallest absolute Gasteiger partial charge is 0.273 e. The molecule has 0 aromatic carbocycles. The van der Waals surface area contributed by atoms with Crippen LogP contribution in [0.5, 0.6) is 0 Å². The maximum atomic E-state index is 11.8. The van der Waals surface area contributed by atoms with Crippen molar-refractivity contribution in [2.45, 2.75) is 19.5 Å². The van der Waals surface area contributed by atoms with E-state index in [0.717, 1.165) is 0 Å². The monoisotopic (exact) mass is 279 g/mol. The number of nitrogens with one attached hydrogen (secondary N) is 2. The summed E-state index contributed by atoms with van der Waals surface area (Å²) in [6.45, 7) is 3.20. The van der Waals surface area contributed by atoms with Gasteiger partial charge in [-0.3, -0.25) is 4.79 Å². The van der Waals surface area contributed by atoms with E-state index in [9.17, 15) is 4.79 Å². The van der Waals surface area contributed by atoms with Gasteiger partial charge in [-0.15, -0.1) is 16.4 Å². The Morgan fingerprint density at radius 1 is 1.58 bits per heavy atom. The number of hydrogen-bond donors (Lipinski definition) is 2. The van der Waals surface area contributed by atoms with Gasteiger partial charge in [-0.2, -0.15) is 0 Å². The second-order valence-corrected chi connectivity index (χ2v) is 5.31. The van der Waals surface area contributed by atoms with Gasteiger partial charge in [0.2, 0.25) is 0 Å². The van der Waals surface area contributed by atoms with Gasteiger partial charge in [0.1, 0.15) is 0 Å². The highest BCUT2D eigenvalue weighted by molar-refractivity contribution is 7.09. The van der Waals surface area contributed by atoms with Crippen LogP contribution in [0.15, 0.2) is 23.7 Å². The highest BCUT2D eigenvalue weighted by Gasteiger charge is 2.11. The van der Waals surface area contributed by atoms with E-state index in [1.807, 2.05) is 31.5 Å². The number of aromatic nitrogens is 3. The average molecular weight is 279 g/mol. The topological polar surface area (TPSA) is 71.8 Å². The number of rotatable bonds is 6. The molecule has 0 aliphatic heterocycles. The molecule has 0 radical (unpaired) electrons. The Hall–Kier alpha value is -1.73. The van der Waals surface area contributed by atoms with Crippen molar-refractivity contribution < 1.29 is 4.79 Å². The summed E-state index contributed by atoms with van der Waals surface area (Å²) in [5, 5.41) is 15.7. The third-order valence-electron chi connectivity index (χ3n) is 2.73. The van der Waals surface area contributed by atoms with Gasteiger partial charge in [0.15, 0.2) is 5.69 Å². The van der Waals surface area contributed by atoms with Crippen molar-refractivity contribution in [1.29, 1.82) is 0 Å². The summed E-state index contributed by atoms with van der Waals surface area (Å²) < 4.78 is 1.67. The minimum absolute atomic E-state index is 0.195. The van der Waals surface area contributed by atoms with Crippen molar-refractivity contribution in [1.82, 2.24) is 25.6 Å². The third-order valence-corrected chi connectivity index (χ3v) is 3.59. The Morgan fingerprint density at radius 3 is 3.11 bits per heavy atom. The molecule has 1 atom stereocenters. The van der Waals surface area contributed by atoms with Crippen LogP contribution in [0.2, 0.25) is 0 Å². The van der Waals surface area contributed by atoms with E-state index in [4.69, 9.17) is 0 Å². The van der Waals surface area contributed by atoms with Crippen molar-refractivity contribution in [2.75, 3.05) is 13.6 Å². The van der Waals surface area contributed by atoms with Crippen LogP contribution in [0.1, 0.15) is 22.3 Å². The van der Waals surface area contributed by atoms with Crippen LogP contribution < -0.4 is 10.6 Å². The molecule has 0 fully saturated rings. The van der Waals surface area contributed by atoms with Gasteiger partial charge in [-0.1, -0.05) is 11.3 Å². The Morgan fingerprint density at radius 2 is 2.42 bits per heavy atom. The first-order valence-electron chi connectivity index (χ1n) is 6.07. The first kappa shape index (κ1) is 13.7. The van der Waals surface area contributed by atoms with Gasteiger partial charge in [-0.25, -0.2) is 4.68 Å². The third kappa shape index (κ3) is 3.87. The standard InChI is InChI=1S/C12H17N5OS/c1-9(13-2)6-14-12(18)11-8-17(16-15-11)7-10-4-3-5-19-10/h3-5,8-9,13H,6-7H2,1-2H3,(H,14,18). The van der Waals surface area contributed by atoms with Crippen LogP contribution >= 0.6 is 11.3 Å². The molecular weight excluding hydrogens is 262 g/mol. The minimum atomic E-state index is -0.195. The molecule has 1 unspecified atom stereocenters. The van der Waals surface area contributed by atoms with Crippen molar-refractivity contribution in [3.8, 4) is 0 Å². The summed E-state index contributed by atoms with van der Waals surface area (Å²) in [4.78, 5) is 13.0. The second-order valence-electron chi connectivity index (χ2n) is 4.28. The second kappa shape index (κ2) is 6.44. The first-order chi connectivity index (χ1) is 9.19. The molecule has 2 aromatic rings. The minimum Gasteiger partial charge on any atom is -0.349 e. The van der Waals surface area contributed by atoms with Gasteiger partial charge < -0.3 is 10.6 Å². The highest BCUT2D eigenvalue weighted by atomic mass is 32.1. The van der Waals surface area contributed by atoms with E-state index in [0.29, 0.717) is 18.8 Å². The number of carbonyl (C=O) groups excluding carboxylic acids is 1. The predicted octanol–water partition coefficient (Wildman–Crippen LogP) is 0.726. The normalized spacial score (nSPS) is 12.3. The fourth-order valence-electron chi connectivity index (χ4n) is 1.48. The summed E-state index contributed by atoms with van der Waals surface area (Å²) in [7, 11) is 1.86. The molecule has 0 bridgehead atoms. The van der Waals surface area contributed by atoms with Crippen LogP contribution in [0.25, 0.3) is 0 Å². The summed E-state index contributed by atoms with van der Waals surface area (Å²) >= 11 is 1.66. The molecule has 0 aliphatic rings. The number of hydrogen-bond acceptors (Lipinski definition) is 5. The van der Waals surface area contributed by atoms with Gasteiger partial charge >= 0.3 is 0 Å². The lowest BCUT2D eigenvalue weighted by atomic mass is 10.3. The number of amides is 1. The molecule has 2 N–H and O–H groups in total. The zero-order valence-electron chi connectivity index (χ0n) is 11.0. The van der Waals surface area contributed by atoms with E-state index in [-0.39, 0.29) is 11.9 Å². The zero-order chi connectivity index (χ0) is 13.7. The van der Waals surface area contributed by atoms with Crippen LogP contribution in [-0.2, 0) is 6.54 Å². The van der Waals surface area contributed by atoms with Crippen molar-refractivity contribution in [3.05, 3.63) is 34.3 Å². The first-order valence-corrected chi connectivity index (χ1v) is 6.95. The lowest BCUT2D eigenvalue weighted by Gasteiger charge is -2.09. The maximum absolute atomic E-state index is 11.8. The average Bonchev–Trinajstić information content (AvgIpc) is 3.07. The molecule has 7 heteroatoms. The molecule has 0 aliphatic carbocycles. The van der Waals surface area contributed by atoms with E-state index in [1.165, 1.54) is 4.88 Å². The molecule has 2 heterocycles. The van der Waals surface area contributed by atoms with Crippen LogP contribution in [-0.4, -0.2) is 40.5 Å². The molecule has 0 saturated carbocycles. The number of thiophene rings is 1. The molecule has 2 aromatic heterocycles. The quantitative estimate of drug-likeness (QED) is 0.817. The summed E-state index contributed by atoms with van der Waals surface area (Å²) in [5.41, 5.74) is 0.347. The molecule has 0 saturated heterocycles. The molecule has 0 spiro atoms. The molecular formula is C12H17N5OS. The molecule has 19 heavy (non-hydrogen) atoms. The number of likely N-dealkylation sites (N-methyl/N-ethyl adjacent to an activating group) is 1. The Kier molecular flexibility index (Phi) is 4.64. The molecule has 6 nitrogen and oxygen atoms in total. The zero-order valence-corrected chi connectivity index (χ0v) is 11.8. The SMILES string of the molecule is CNC(C)CNC(=O)c1cn(Cc2cccs2)nn1. The molecule has 102 valence electrons. The van der Waals surface area contributed by atoms with Crippen molar-refractivity contribution in [3.63, 3.8) is 0 Å². The molecule has 1 amide bonds. The van der Waals surface area contributed by atoms with Crippen molar-refractivity contribution >= 4 is 17.2 Å². The van der Waals surface area contributed by atoms with Gasteiger partial charge in [-0.05, 0) is 25.4 Å². The van der Waals surface area contributed by atoms with Crippen LogP contribution in [0, 0.1) is 0 Å². The lowest BCUT2D eigenvalue weighted by Crippen LogP contribution is -2.37. The number of carbonyl (C=O) groups is 1. The predicted molar refractivity (Wildman–Crippen MR) is 74.3 cm³/mol. The Labute approximate surface area is 115 Å². The highest BCUT2D eigenvalue weighted by Crippen LogP contribution is 2.09. The van der Waals surface area contributed by atoms with E-state index < -0.39 is 0 Å².